The predicted octanol–water partition coefficient (Wildman–Crippen LogP) is 2.90. The summed E-state index contributed by atoms with van der Waals surface area (Å²) in [5, 5.41) is 8.91. The number of carbonyl (C=O) groups is 1. The van der Waals surface area contributed by atoms with E-state index in [4.69, 9.17) is 5.11 Å². The van der Waals surface area contributed by atoms with Crippen LogP contribution in [-0.2, 0) is 6.42 Å². The van der Waals surface area contributed by atoms with Crippen LogP contribution in [0, 0.1) is 0 Å². The number of carboxylic acids is 1. The smallest absolute Gasteiger partial charge is 0.354 e. The number of hydrogen-bond acceptors (Lipinski definition) is 2. The van der Waals surface area contributed by atoms with E-state index in [0.29, 0.717) is 0 Å². The Hall–Kier alpha value is -1.38. The minimum absolute atomic E-state index is 0.203. The molecule has 1 aromatic rings. The Morgan fingerprint density at radius 3 is 2.87 bits per heavy atom. The Morgan fingerprint density at radius 1 is 1.40 bits per heavy atom. The van der Waals surface area contributed by atoms with Crippen molar-refractivity contribution in [3.8, 4) is 0 Å². The zero-order chi connectivity index (χ0) is 11.1. The summed E-state index contributed by atoms with van der Waals surface area (Å²) in [7, 11) is 0. The molecule has 0 amide bonds. The number of unbranched alkanes of at least 4 members (excludes halogenated alkanes) is 3. The van der Waals surface area contributed by atoms with Crippen LogP contribution in [0.15, 0.2) is 18.3 Å². The van der Waals surface area contributed by atoms with Gasteiger partial charge < -0.3 is 5.11 Å². The summed E-state index contributed by atoms with van der Waals surface area (Å²) in [4.78, 5) is 14.7. The molecule has 3 heteroatoms. The van der Waals surface area contributed by atoms with Crippen molar-refractivity contribution >= 4 is 5.97 Å². The van der Waals surface area contributed by atoms with Crippen LogP contribution in [0.25, 0.3) is 0 Å². The van der Waals surface area contributed by atoms with Crippen LogP contribution in [0.5, 0.6) is 0 Å². The Kier molecular flexibility index (Phi) is 4.81. The van der Waals surface area contributed by atoms with E-state index >= 15 is 0 Å². The van der Waals surface area contributed by atoms with Crippen molar-refractivity contribution in [3.63, 3.8) is 0 Å². The molecule has 0 aliphatic rings. The van der Waals surface area contributed by atoms with Crippen LogP contribution < -0.4 is 0 Å². The molecule has 0 fully saturated rings. The first-order chi connectivity index (χ1) is 7.25. The molecule has 0 aromatic carbocycles. The van der Waals surface area contributed by atoms with Gasteiger partial charge in [0, 0.05) is 6.20 Å². The number of pyridine rings is 1. The highest BCUT2D eigenvalue weighted by atomic mass is 16.4. The minimum Gasteiger partial charge on any atom is -0.477 e. The summed E-state index contributed by atoms with van der Waals surface area (Å²) in [6.45, 7) is 2.16. The Bertz CT molecular complexity index is 323. The third-order valence-corrected chi connectivity index (χ3v) is 2.39. The molecule has 0 aliphatic carbocycles. The first kappa shape index (κ1) is 11.7. The van der Waals surface area contributed by atoms with Gasteiger partial charge in [-0.1, -0.05) is 32.3 Å². The zero-order valence-electron chi connectivity index (χ0n) is 9.07. The summed E-state index contributed by atoms with van der Waals surface area (Å²) >= 11 is 0. The maximum Gasteiger partial charge on any atom is 0.354 e. The molecule has 82 valence electrons. The van der Waals surface area contributed by atoms with Crippen molar-refractivity contribution in [1.82, 2.24) is 4.98 Å². The lowest BCUT2D eigenvalue weighted by Gasteiger charge is -2.04. The summed E-state index contributed by atoms with van der Waals surface area (Å²) in [6.07, 6.45) is 6.94. The van der Waals surface area contributed by atoms with Gasteiger partial charge in [-0.3, -0.25) is 0 Å². The second-order valence-corrected chi connectivity index (χ2v) is 3.63. The first-order valence-electron chi connectivity index (χ1n) is 5.43. The normalized spacial score (nSPS) is 10.2. The molecule has 0 unspecified atom stereocenters. The Morgan fingerprint density at radius 2 is 2.20 bits per heavy atom. The van der Waals surface area contributed by atoms with Gasteiger partial charge in [-0.2, -0.15) is 0 Å². The highest BCUT2D eigenvalue weighted by molar-refractivity contribution is 5.86. The lowest BCUT2D eigenvalue weighted by atomic mass is 10.0. The lowest BCUT2D eigenvalue weighted by Crippen LogP contribution is -2.05. The molecule has 15 heavy (non-hydrogen) atoms. The molecule has 0 aliphatic heterocycles. The van der Waals surface area contributed by atoms with Crippen molar-refractivity contribution in [1.29, 1.82) is 0 Å². The monoisotopic (exact) mass is 207 g/mol. The molecular weight excluding hydrogens is 190 g/mol. The van der Waals surface area contributed by atoms with Gasteiger partial charge in [-0.05, 0) is 24.5 Å². The van der Waals surface area contributed by atoms with Crippen molar-refractivity contribution in [2.45, 2.75) is 39.0 Å². The molecule has 3 nitrogen and oxygen atoms in total. The molecule has 0 saturated carbocycles. The van der Waals surface area contributed by atoms with E-state index in [0.717, 1.165) is 24.8 Å². The number of aryl methyl sites for hydroxylation is 1. The third-order valence-electron chi connectivity index (χ3n) is 2.39. The molecule has 1 aromatic heterocycles. The average molecular weight is 207 g/mol. The fourth-order valence-corrected chi connectivity index (χ4v) is 1.58. The standard InChI is InChI=1S/C12H17NO2/c1-2-3-4-5-7-10-8-6-9-13-11(10)12(14)15/h6,8-9H,2-5,7H2,1H3,(H,14,15). The topological polar surface area (TPSA) is 50.2 Å². The van der Waals surface area contributed by atoms with Gasteiger partial charge in [0.05, 0.1) is 0 Å². The van der Waals surface area contributed by atoms with Gasteiger partial charge >= 0.3 is 5.97 Å². The fraction of sp³-hybridized carbons (Fsp3) is 0.500. The minimum atomic E-state index is -0.930. The molecule has 1 N–H and O–H groups in total. The quantitative estimate of drug-likeness (QED) is 0.730. The predicted molar refractivity (Wildman–Crippen MR) is 59.0 cm³/mol. The summed E-state index contributed by atoms with van der Waals surface area (Å²) < 4.78 is 0. The number of aromatic nitrogens is 1. The number of rotatable bonds is 6. The van der Waals surface area contributed by atoms with E-state index in [9.17, 15) is 4.79 Å². The van der Waals surface area contributed by atoms with Crippen molar-refractivity contribution < 1.29 is 9.90 Å². The fourth-order valence-electron chi connectivity index (χ4n) is 1.58. The van der Waals surface area contributed by atoms with Gasteiger partial charge in [0.15, 0.2) is 5.69 Å². The SMILES string of the molecule is CCCCCCc1cccnc1C(=O)O. The lowest BCUT2D eigenvalue weighted by molar-refractivity contribution is 0.0689. The van der Waals surface area contributed by atoms with Crippen LogP contribution in [0.2, 0.25) is 0 Å². The van der Waals surface area contributed by atoms with Crippen LogP contribution in [0.4, 0.5) is 0 Å². The molecule has 1 heterocycles. The number of nitrogens with zero attached hydrogens (tertiary/aromatic N) is 1. The van der Waals surface area contributed by atoms with Crippen molar-refractivity contribution in [3.05, 3.63) is 29.6 Å². The largest absolute Gasteiger partial charge is 0.477 e. The zero-order valence-corrected chi connectivity index (χ0v) is 9.07. The average Bonchev–Trinajstić information content (AvgIpc) is 2.25. The van der Waals surface area contributed by atoms with E-state index in [-0.39, 0.29) is 5.69 Å². The maximum atomic E-state index is 10.8. The highest BCUT2D eigenvalue weighted by Crippen LogP contribution is 2.11. The van der Waals surface area contributed by atoms with Gasteiger partial charge in [0.2, 0.25) is 0 Å². The van der Waals surface area contributed by atoms with Crippen molar-refractivity contribution in [2.24, 2.45) is 0 Å². The van der Waals surface area contributed by atoms with Gasteiger partial charge in [-0.15, -0.1) is 0 Å². The molecule has 0 atom stereocenters. The molecule has 0 bridgehead atoms. The third kappa shape index (κ3) is 3.70. The molecule has 1 rings (SSSR count). The van der Waals surface area contributed by atoms with E-state index in [2.05, 4.69) is 11.9 Å². The van der Waals surface area contributed by atoms with E-state index in [1.165, 1.54) is 19.0 Å². The van der Waals surface area contributed by atoms with Gasteiger partial charge in [0.1, 0.15) is 0 Å². The molecule has 0 radical (unpaired) electrons. The van der Waals surface area contributed by atoms with Crippen LogP contribution in [0.3, 0.4) is 0 Å². The van der Waals surface area contributed by atoms with Crippen LogP contribution in [0.1, 0.15) is 48.7 Å². The first-order valence-corrected chi connectivity index (χ1v) is 5.43. The van der Waals surface area contributed by atoms with Gasteiger partial charge in [0.25, 0.3) is 0 Å². The number of carboxylic acid groups (broad SMARTS) is 1. The van der Waals surface area contributed by atoms with Crippen molar-refractivity contribution in [2.75, 3.05) is 0 Å². The summed E-state index contributed by atoms with van der Waals surface area (Å²) in [6, 6.07) is 3.64. The van der Waals surface area contributed by atoms with Crippen LogP contribution >= 0.6 is 0 Å². The maximum absolute atomic E-state index is 10.8. The Labute approximate surface area is 90.2 Å². The van der Waals surface area contributed by atoms with Gasteiger partial charge in [-0.25, -0.2) is 9.78 Å². The van der Waals surface area contributed by atoms with E-state index in [1.807, 2.05) is 6.07 Å². The summed E-state index contributed by atoms with van der Waals surface area (Å²) in [5.41, 5.74) is 1.05. The summed E-state index contributed by atoms with van der Waals surface area (Å²) in [5.74, 6) is -0.930. The molecule has 0 spiro atoms. The molecular formula is C12H17NO2. The number of hydrogen-bond donors (Lipinski definition) is 1. The highest BCUT2D eigenvalue weighted by Gasteiger charge is 2.09. The van der Waals surface area contributed by atoms with E-state index in [1.54, 1.807) is 6.07 Å². The van der Waals surface area contributed by atoms with E-state index < -0.39 is 5.97 Å². The Balaban J connectivity index is 2.56. The number of aromatic carboxylic acids is 1. The second-order valence-electron chi connectivity index (χ2n) is 3.63. The molecule has 0 saturated heterocycles. The van der Waals surface area contributed by atoms with Crippen LogP contribution in [-0.4, -0.2) is 16.1 Å². The second kappa shape index (κ2) is 6.17.